The molecule has 2 heterocycles. The van der Waals surface area contributed by atoms with Gasteiger partial charge >= 0.3 is 0 Å². The minimum absolute atomic E-state index is 0.110. The van der Waals surface area contributed by atoms with Gasteiger partial charge in [0.25, 0.3) is 11.8 Å². The van der Waals surface area contributed by atoms with Crippen LogP contribution in [0.15, 0.2) is 18.2 Å². The lowest BCUT2D eigenvalue weighted by Gasteiger charge is -2.45. The molecule has 0 radical (unpaired) electrons. The number of carbonyl (C=O) groups excluding carboxylic acids is 1. The van der Waals surface area contributed by atoms with Crippen molar-refractivity contribution in [1.82, 2.24) is 9.80 Å². The Morgan fingerprint density at radius 1 is 1.26 bits per heavy atom. The van der Waals surface area contributed by atoms with Crippen LogP contribution in [0.5, 0.6) is 0 Å². The molecule has 3 rings (SSSR count). The molecule has 0 saturated carbocycles. The van der Waals surface area contributed by atoms with Gasteiger partial charge in [0, 0.05) is 31.6 Å². The standard InChI is InChI=1S/C15H16F4N2O2/c16-11-2-1-3-12(17)13(11)14(23)20-5-10(6-20)21-8-15(18,19)4-9(21)7-22/h1-3,9-10,22H,4-8H2/t9-/m0/s1. The molecule has 4 nitrogen and oxygen atoms in total. The Morgan fingerprint density at radius 2 is 1.87 bits per heavy atom. The molecule has 2 saturated heterocycles. The van der Waals surface area contributed by atoms with E-state index in [1.54, 1.807) is 0 Å². The average Bonchev–Trinajstić information content (AvgIpc) is 2.72. The Morgan fingerprint density at radius 3 is 2.43 bits per heavy atom. The molecule has 1 aromatic carbocycles. The molecular weight excluding hydrogens is 316 g/mol. The van der Waals surface area contributed by atoms with Gasteiger partial charge in [0.05, 0.1) is 13.2 Å². The van der Waals surface area contributed by atoms with Crippen molar-refractivity contribution in [3.63, 3.8) is 0 Å². The second kappa shape index (κ2) is 5.76. The number of carbonyl (C=O) groups is 1. The number of alkyl halides is 2. The molecule has 0 spiro atoms. The molecule has 0 aliphatic carbocycles. The first kappa shape index (κ1) is 16.2. The molecule has 2 aliphatic heterocycles. The molecule has 0 aromatic heterocycles. The largest absolute Gasteiger partial charge is 0.395 e. The number of rotatable bonds is 3. The molecule has 126 valence electrons. The van der Waals surface area contributed by atoms with Gasteiger partial charge in [0.2, 0.25) is 0 Å². The maximum absolute atomic E-state index is 13.6. The van der Waals surface area contributed by atoms with Crippen LogP contribution in [0.4, 0.5) is 17.6 Å². The van der Waals surface area contributed by atoms with Crippen molar-refractivity contribution < 1.29 is 27.5 Å². The first-order valence-corrected chi connectivity index (χ1v) is 7.30. The van der Waals surface area contributed by atoms with Gasteiger partial charge in [-0.05, 0) is 12.1 Å². The van der Waals surface area contributed by atoms with Crippen LogP contribution in [0.25, 0.3) is 0 Å². The normalized spacial score (nSPS) is 24.7. The molecule has 23 heavy (non-hydrogen) atoms. The zero-order chi connectivity index (χ0) is 16.8. The van der Waals surface area contributed by atoms with Crippen molar-refractivity contribution in [3.05, 3.63) is 35.4 Å². The summed E-state index contributed by atoms with van der Waals surface area (Å²) >= 11 is 0. The molecule has 1 amide bonds. The lowest BCUT2D eigenvalue weighted by Crippen LogP contribution is -2.62. The van der Waals surface area contributed by atoms with Crippen LogP contribution in [-0.2, 0) is 0 Å². The van der Waals surface area contributed by atoms with Gasteiger partial charge in [-0.3, -0.25) is 9.69 Å². The molecule has 2 aliphatic rings. The summed E-state index contributed by atoms with van der Waals surface area (Å²) in [6.07, 6.45) is -0.421. The van der Waals surface area contributed by atoms with Crippen molar-refractivity contribution in [1.29, 1.82) is 0 Å². The fourth-order valence-electron chi connectivity index (χ4n) is 3.21. The van der Waals surface area contributed by atoms with Gasteiger partial charge in [0.1, 0.15) is 17.2 Å². The first-order valence-electron chi connectivity index (χ1n) is 7.30. The van der Waals surface area contributed by atoms with E-state index in [0.29, 0.717) is 0 Å². The van der Waals surface area contributed by atoms with Gasteiger partial charge in [-0.2, -0.15) is 0 Å². The van der Waals surface area contributed by atoms with Gasteiger partial charge < -0.3 is 10.0 Å². The van der Waals surface area contributed by atoms with Gasteiger partial charge in [-0.15, -0.1) is 0 Å². The number of likely N-dealkylation sites (tertiary alicyclic amines) is 2. The summed E-state index contributed by atoms with van der Waals surface area (Å²) in [6, 6.07) is 2.17. The van der Waals surface area contributed by atoms with Crippen molar-refractivity contribution >= 4 is 5.91 Å². The molecule has 1 aromatic rings. The summed E-state index contributed by atoms with van der Waals surface area (Å²) in [6.45, 7) is -0.640. The van der Waals surface area contributed by atoms with Crippen LogP contribution in [0.3, 0.4) is 0 Å². The van der Waals surface area contributed by atoms with Gasteiger partial charge in [0.15, 0.2) is 0 Å². The number of hydrogen-bond donors (Lipinski definition) is 1. The highest BCUT2D eigenvalue weighted by Gasteiger charge is 2.50. The number of hydrogen-bond acceptors (Lipinski definition) is 3. The number of amides is 1. The first-order chi connectivity index (χ1) is 10.8. The third-order valence-corrected chi connectivity index (χ3v) is 4.42. The highest BCUT2D eigenvalue weighted by atomic mass is 19.3. The monoisotopic (exact) mass is 332 g/mol. The number of benzene rings is 1. The van der Waals surface area contributed by atoms with E-state index in [4.69, 9.17) is 0 Å². The minimum Gasteiger partial charge on any atom is -0.395 e. The summed E-state index contributed by atoms with van der Waals surface area (Å²) in [5, 5.41) is 9.21. The zero-order valence-corrected chi connectivity index (χ0v) is 12.2. The summed E-state index contributed by atoms with van der Waals surface area (Å²) in [4.78, 5) is 14.8. The summed E-state index contributed by atoms with van der Waals surface area (Å²) in [7, 11) is 0. The van der Waals surface area contributed by atoms with Crippen LogP contribution in [0, 0.1) is 11.6 Å². The van der Waals surface area contributed by atoms with Gasteiger partial charge in [-0.25, -0.2) is 17.6 Å². The number of aliphatic hydroxyl groups is 1. The van der Waals surface area contributed by atoms with E-state index >= 15 is 0 Å². The smallest absolute Gasteiger partial charge is 0.262 e. The Kier molecular flexibility index (Phi) is 4.05. The quantitative estimate of drug-likeness (QED) is 0.853. The minimum atomic E-state index is -2.87. The maximum atomic E-state index is 13.6. The maximum Gasteiger partial charge on any atom is 0.262 e. The Bertz CT molecular complexity index is 599. The van der Waals surface area contributed by atoms with Crippen molar-refractivity contribution in [2.24, 2.45) is 0 Å². The van der Waals surface area contributed by atoms with E-state index in [-0.39, 0.29) is 25.7 Å². The van der Waals surface area contributed by atoms with Crippen LogP contribution in [-0.4, -0.2) is 65.1 Å². The Balaban J connectivity index is 1.66. The summed E-state index contributed by atoms with van der Waals surface area (Å²) in [5.74, 6) is -5.54. The average molecular weight is 332 g/mol. The van der Waals surface area contributed by atoms with Crippen LogP contribution in [0.2, 0.25) is 0 Å². The van der Waals surface area contributed by atoms with Crippen molar-refractivity contribution in [2.75, 3.05) is 26.2 Å². The second-order valence-corrected chi connectivity index (χ2v) is 6.03. The predicted octanol–water partition coefficient (Wildman–Crippen LogP) is 1.49. The van der Waals surface area contributed by atoms with E-state index < -0.39 is 48.0 Å². The number of aliphatic hydroxyl groups excluding tert-OH is 1. The lowest BCUT2D eigenvalue weighted by molar-refractivity contribution is -0.0127. The van der Waals surface area contributed by atoms with E-state index in [2.05, 4.69) is 0 Å². The lowest BCUT2D eigenvalue weighted by atomic mass is 10.0. The molecule has 1 atom stereocenters. The van der Waals surface area contributed by atoms with E-state index in [1.807, 2.05) is 0 Å². The molecule has 0 bridgehead atoms. The van der Waals surface area contributed by atoms with Crippen LogP contribution >= 0.6 is 0 Å². The Hall–Kier alpha value is -1.67. The fourth-order valence-corrected chi connectivity index (χ4v) is 3.21. The van der Waals surface area contributed by atoms with E-state index in [9.17, 15) is 27.5 Å². The molecule has 8 heteroatoms. The SMILES string of the molecule is O=C(c1c(F)cccc1F)N1CC(N2CC(F)(F)C[C@H]2CO)C1. The third-order valence-electron chi connectivity index (χ3n) is 4.42. The van der Waals surface area contributed by atoms with E-state index in [0.717, 1.165) is 12.1 Å². The molecule has 2 fully saturated rings. The molecule has 0 unspecified atom stereocenters. The molecular formula is C15H16F4N2O2. The molecule has 1 N–H and O–H groups in total. The third kappa shape index (κ3) is 2.92. The van der Waals surface area contributed by atoms with Gasteiger partial charge in [-0.1, -0.05) is 6.07 Å². The zero-order valence-electron chi connectivity index (χ0n) is 12.2. The number of nitrogens with zero attached hydrogens (tertiary/aromatic N) is 2. The Labute approximate surface area is 130 Å². The van der Waals surface area contributed by atoms with Crippen molar-refractivity contribution in [3.8, 4) is 0 Å². The second-order valence-electron chi connectivity index (χ2n) is 6.03. The van der Waals surface area contributed by atoms with E-state index in [1.165, 1.54) is 15.9 Å². The van der Waals surface area contributed by atoms with Crippen molar-refractivity contribution in [2.45, 2.75) is 24.4 Å². The highest BCUT2D eigenvalue weighted by molar-refractivity contribution is 5.95. The van der Waals surface area contributed by atoms with Crippen LogP contribution < -0.4 is 0 Å². The predicted molar refractivity (Wildman–Crippen MR) is 73.2 cm³/mol. The summed E-state index contributed by atoms with van der Waals surface area (Å²) < 4.78 is 54.1. The topological polar surface area (TPSA) is 43.8 Å². The highest BCUT2D eigenvalue weighted by Crippen LogP contribution is 2.35. The summed E-state index contributed by atoms with van der Waals surface area (Å²) in [5.41, 5.74) is -0.628. The van der Waals surface area contributed by atoms with Crippen LogP contribution in [0.1, 0.15) is 16.8 Å². The number of halogens is 4. The fraction of sp³-hybridized carbons (Fsp3) is 0.533.